The third-order valence-electron chi connectivity index (χ3n) is 3.44. The van der Waals surface area contributed by atoms with E-state index >= 15 is 0 Å². The maximum absolute atomic E-state index is 12.3. The zero-order valence-corrected chi connectivity index (χ0v) is 13.3. The molecule has 2 rings (SSSR count). The van der Waals surface area contributed by atoms with E-state index in [1.54, 1.807) is 43.9 Å². The van der Waals surface area contributed by atoms with Gasteiger partial charge in [0.2, 0.25) is 0 Å². The molecule has 1 aromatic rings. The number of hydrogen-bond donors (Lipinski definition) is 1. The minimum absolute atomic E-state index is 0.117. The van der Waals surface area contributed by atoms with Crippen LogP contribution in [0.15, 0.2) is 18.3 Å². The molecule has 1 saturated heterocycles. The van der Waals surface area contributed by atoms with Crippen molar-refractivity contribution in [3.05, 3.63) is 23.9 Å². The van der Waals surface area contributed by atoms with Crippen LogP contribution in [0.4, 0.5) is 5.82 Å². The first-order valence-corrected chi connectivity index (χ1v) is 9.53. The van der Waals surface area contributed by atoms with Crippen molar-refractivity contribution in [1.29, 1.82) is 0 Å². The van der Waals surface area contributed by atoms with Gasteiger partial charge in [0, 0.05) is 35.6 Å². The highest BCUT2D eigenvalue weighted by Gasteiger charge is 2.34. The largest absolute Gasteiger partial charge is 0.389 e. The molecule has 0 amide bonds. The van der Waals surface area contributed by atoms with Gasteiger partial charge in [0.1, 0.15) is 11.2 Å². The standard InChI is InChI=1S/C13H20N2O3S2/c1-3-20(17,18)12-9-19-8-7-15(12)13-11(10(2)16)5-4-6-14-13/h4-6,10,12,16H,3,7-9H2,1-2H3/t10-,12?/m1/s1. The van der Waals surface area contributed by atoms with Crippen LogP contribution in [0.25, 0.3) is 0 Å². The highest BCUT2D eigenvalue weighted by Crippen LogP contribution is 2.30. The molecule has 0 aliphatic carbocycles. The Morgan fingerprint density at radius 2 is 2.35 bits per heavy atom. The fourth-order valence-corrected chi connectivity index (χ4v) is 5.26. The molecule has 2 heterocycles. The second-order valence-corrected chi connectivity index (χ2v) is 8.36. The zero-order chi connectivity index (χ0) is 14.8. The lowest BCUT2D eigenvalue weighted by Crippen LogP contribution is -2.48. The highest BCUT2D eigenvalue weighted by molar-refractivity contribution is 8.01. The Labute approximate surface area is 124 Å². The molecule has 1 aliphatic rings. The molecule has 0 saturated carbocycles. The Bertz CT molecular complexity index is 560. The van der Waals surface area contributed by atoms with E-state index in [1.807, 2.05) is 4.90 Å². The number of aliphatic hydroxyl groups is 1. The lowest BCUT2D eigenvalue weighted by atomic mass is 10.1. The van der Waals surface area contributed by atoms with Gasteiger partial charge in [0.15, 0.2) is 9.84 Å². The molecular weight excluding hydrogens is 296 g/mol. The number of sulfone groups is 1. The second kappa shape index (κ2) is 6.32. The van der Waals surface area contributed by atoms with Crippen LogP contribution < -0.4 is 4.90 Å². The van der Waals surface area contributed by atoms with Gasteiger partial charge < -0.3 is 10.0 Å². The number of aromatic nitrogens is 1. The van der Waals surface area contributed by atoms with Crippen molar-refractivity contribution in [3.63, 3.8) is 0 Å². The molecule has 0 spiro atoms. The molecule has 7 heteroatoms. The molecule has 1 unspecified atom stereocenters. The molecule has 5 nitrogen and oxygen atoms in total. The number of rotatable bonds is 4. The fourth-order valence-electron chi connectivity index (χ4n) is 2.29. The summed E-state index contributed by atoms with van der Waals surface area (Å²) >= 11 is 1.65. The summed E-state index contributed by atoms with van der Waals surface area (Å²) in [6, 6.07) is 3.55. The van der Waals surface area contributed by atoms with E-state index < -0.39 is 21.3 Å². The van der Waals surface area contributed by atoms with Crippen molar-refractivity contribution in [2.45, 2.75) is 25.3 Å². The Morgan fingerprint density at radius 3 is 3.00 bits per heavy atom. The first-order chi connectivity index (χ1) is 9.47. The maximum Gasteiger partial charge on any atom is 0.171 e. The monoisotopic (exact) mass is 316 g/mol. The molecule has 2 atom stereocenters. The molecule has 1 N–H and O–H groups in total. The topological polar surface area (TPSA) is 70.5 Å². The van der Waals surface area contributed by atoms with E-state index in [2.05, 4.69) is 4.98 Å². The molecule has 1 fully saturated rings. The van der Waals surface area contributed by atoms with Gasteiger partial charge >= 0.3 is 0 Å². The number of nitrogens with zero attached hydrogens (tertiary/aromatic N) is 2. The van der Waals surface area contributed by atoms with Gasteiger partial charge in [0.25, 0.3) is 0 Å². The van der Waals surface area contributed by atoms with Gasteiger partial charge in [0.05, 0.1) is 6.10 Å². The maximum atomic E-state index is 12.3. The first kappa shape index (κ1) is 15.6. The Hall–Kier alpha value is -0.790. The molecule has 0 aromatic carbocycles. The fraction of sp³-hybridized carbons (Fsp3) is 0.615. The summed E-state index contributed by atoms with van der Waals surface area (Å²) in [5.74, 6) is 2.12. The molecule has 20 heavy (non-hydrogen) atoms. The molecule has 1 aliphatic heterocycles. The number of thioether (sulfide) groups is 1. The van der Waals surface area contributed by atoms with Gasteiger partial charge in [-0.3, -0.25) is 0 Å². The number of pyridine rings is 1. The summed E-state index contributed by atoms with van der Waals surface area (Å²) in [6.45, 7) is 3.97. The van der Waals surface area contributed by atoms with E-state index in [1.165, 1.54) is 0 Å². The third kappa shape index (κ3) is 3.10. The average molecular weight is 316 g/mol. The van der Waals surface area contributed by atoms with Crippen LogP contribution in [-0.4, -0.2) is 47.7 Å². The number of anilines is 1. The summed E-state index contributed by atoms with van der Waals surface area (Å²) in [6.07, 6.45) is 0.969. The van der Waals surface area contributed by atoms with Crippen LogP contribution in [0.5, 0.6) is 0 Å². The van der Waals surface area contributed by atoms with E-state index in [4.69, 9.17) is 0 Å². The number of hydrogen-bond acceptors (Lipinski definition) is 6. The summed E-state index contributed by atoms with van der Waals surface area (Å²) in [5.41, 5.74) is 0.677. The van der Waals surface area contributed by atoms with Gasteiger partial charge in [-0.2, -0.15) is 11.8 Å². The van der Waals surface area contributed by atoms with Crippen LogP contribution in [-0.2, 0) is 9.84 Å². The molecule has 0 bridgehead atoms. The Balaban J connectivity index is 2.43. The third-order valence-corrected chi connectivity index (χ3v) is 6.73. The average Bonchev–Trinajstić information content (AvgIpc) is 2.47. The van der Waals surface area contributed by atoms with E-state index in [9.17, 15) is 13.5 Å². The van der Waals surface area contributed by atoms with E-state index in [0.29, 0.717) is 23.7 Å². The highest BCUT2D eigenvalue weighted by atomic mass is 32.2. The summed E-state index contributed by atoms with van der Waals surface area (Å²) in [5, 5.41) is 9.30. The minimum Gasteiger partial charge on any atom is -0.389 e. The quantitative estimate of drug-likeness (QED) is 0.906. The Morgan fingerprint density at radius 1 is 1.60 bits per heavy atom. The van der Waals surface area contributed by atoms with Gasteiger partial charge in [-0.1, -0.05) is 13.0 Å². The molecular formula is C13H20N2O3S2. The number of aliphatic hydroxyl groups excluding tert-OH is 1. The van der Waals surface area contributed by atoms with E-state index in [-0.39, 0.29) is 5.75 Å². The lowest BCUT2D eigenvalue weighted by molar-refractivity contribution is 0.199. The van der Waals surface area contributed by atoms with Crippen molar-refractivity contribution < 1.29 is 13.5 Å². The van der Waals surface area contributed by atoms with E-state index in [0.717, 1.165) is 5.75 Å². The minimum atomic E-state index is -3.18. The van der Waals surface area contributed by atoms with Crippen LogP contribution in [0.3, 0.4) is 0 Å². The van der Waals surface area contributed by atoms with Crippen LogP contribution in [0, 0.1) is 0 Å². The molecule has 112 valence electrons. The van der Waals surface area contributed by atoms with Crippen LogP contribution in [0.1, 0.15) is 25.5 Å². The zero-order valence-electron chi connectivity index (χ0n) is 11.7. The van der Waals surface area contributed by atoms with Crippen molar-refractivity contribution in [2.75, 3.05) is 28.7 Å². The van der Waals surface area contributed by atoms with Crippen molar-refractivity contribution in [2.24, 2.45) is 0 Å². The van der Waals surface area contributed by atoms with Gasteiger partial charge in [-0.05, 0) is 13.0 Å². The SMILES string of the molecule is CCS(=O)(=O)C1CSCCN1c1ncccc1[C@@H](C)O. The summed E-state index contributed by atoms with van der Waals surface area (Å²) in [7, 11) is -3.18. The van der Waals surface area contributed by atoms with Crippen LogP contribution in [0.2, 0.25) is 0 Å². The first-order valence-electron chi connectivity index (χ1n) is 6.66. The molecule has 0 radical (unpaired) electrons. The molecule has 1 aromatic heterocycles. The predicted octanol–water partition coefficient (Wildman–Crippen LogP) is 1.45. The van der Waals surface area contributed by atoms with Crippen molar-refractivity contribution in [3.8, 4) is 0 Å². The summed E-state index contributed by atoms with van der Waals surface area (Å²) in [4.78, 5) is 6.14. The van der Waals surface area contributed by atoms with Crippen molar-refractivity contribution >= 4 is 27.4 Å². The Kier molecular flexibility index (Phi) is 4.93. The lowest BCUT2D eigenvalue weighted by Gasteiger charge is -2.36. The predicted molar refractivity (Wildman–Crippen MR) is 82.8 cm³/mol. The van der Waals surface area contributed by atoms with Crippen molar-refractivity contribution in [1.82, 2.24) is 4.98 Å². The smallest absolute Gasteiger partial charge is 0.171 e. The second-order valence-electron chi connectivity index (χ2n) is 4.77. The normalized spacial score (nSPS) is 21.8. The van der Waals surface area contributed by atoms with Gasteiger partial charge in [-0.15, -0.1) is 0 Å². The van der Waals surface area contributed by atoms with Crippen LogP contribution >= 0.6 is 11.8 Å². The summed E-state index contributed by atoms with van der Waals surface area (Å²) < 4.78 is 24.5. The van der Waals surface area contributed by atoms with Gasteiger partial charge in [-0.25, -0.2) is 13.4 Å².